The van der Waals surface area contributed by atoms with E-state index in [2.05, 4.69) is 10.0 Å². The smallest absolute Gasteiger partial charge is 0.284 e. The number of furan rings is 1. The molecule has 0 aliphatic rings. The molecule has 0 aliphatic heterocycles. The van der Waals surface area contributed by atoms with Gasteiger partial charge in [-0.15, -0.1) is 0 Å². The molecule has 5 nitrogen and oxygen atoms in total. The zero-order valence-corrected chi connectivity index (χ0v) is 12.7. The van der Waals surface area contributed by atoms with Crippen LogP contribution in [0.2, 0.25) is 0 Å². The molecule has 1 aromatic heterocycles. The molecule has 20 heavy (non-hydrogen) atoms. The lowest BCUT2D eigenvalue weighted by atomic mass is 10.4. The van der Waals surface area contributed by atoms with Crippen LogP contribution in [-0.2, 0) is 22.3 Å². The topological polar surface area (TPSA) is 71.3 Å². The van der Waals surface area contributed by atoms with E-state index >= 15 is 0 Å². The lowest BCUT2D eigenvalue weighted by Gasteiger charge is -2.03. The quantitative estimate of drug-likeness (QED) is 0.641. The summed E-state index contributed by atoms with van der Waals surface area (Å²) in [4.78, 5) is 0. The minimum absolute atomic E-state index is 0.149. The highest BCUT2D eigenvalue weighted by atomic mass is 32.2. The first-order valence-electron chi connectivity index (χ1n) is 5.99. The first-order valence-corrected chi connectivity index (χ1v) is 8.93. The largest absolute Gasteiger partial charge is 0.464 e. The first kappa shape index (κ1) is 17.4. The summed E-state index contributed by atoms with van der Waals surface area (Å²) in [6, 6.07) is 3.42. The van der Waals surface area contributed by atoms with Crippen molar-refractivity contribution in [2.45, 2.75) is 24.5 Å². The van der Waals surface area contributed by atoms with Crippen LogP contribution in [0.1, 0.15) is 17.9 Å². The number of halogens is 2. The summed E-state index contributed by atoms with van der Waals surface area (Å²) in [6.45, 7) is 1.49. The molecule has 1 aromatic rings. The Balaban J connectivity index is 2.13. The fourth-order valence-electron chi connectivity index (χ4n) is 1.42. The van der Waals surface area contributed by atoms with Crippen molar-refractivity contribution in [1.29, 1.82) is 0 Å². The summed E-state index contributed by atoms with van der Waals surface area (Å²) >= 11 is 0.522. The van der Waals surface area contributed by atoms with Crippen molar-refractivity contribution in [2.24, 2.45) is 0 Å². The highest BCUT2D eigenvalue weighted by molar-refractivity contribution is 7.98. The van der Waals surface area contributed by atoms with Crippen molar-refractivity contribution in [1.82, 2.24) is 10.0 Å². The van der Waals surface area contributed by atoms with Crippen LogP contribution in [-0.4, -0.2) is 33.5 Å². The van der Waals surface area contributed by atoms with E-state index < -0.39 is 15.8 Å². The molecule has 2 N–H and O–H groups in total. The van der Waals surface area contributed by atoms with Crippen molar-refractivity contribution in [3.05, 3.63) is 23.7 Å². The van der Waals surface area contributed by atoms with Crippen LogP contribution in [0, 0.1) is 0 Å². The molecule has 0 unspecified atom stereocenters. The molecule has 0 aliphatic carbocycles. The van der Waals surface area contributed by atoms with Crippen molar-refractivity contribution >= 4 is 21.8 Å². The molecular formula is C11H18F2N2O3S2. The fraction of sp³-hybridized carbons (Fsp3) is 0.636. The first-order chi connectivity index (χ1) is 9.37. The Kier molecular flexibility index (Phi) is 7.49. The van der Waals surface area contributed by atoms with E-state index in [4.69, 9.17) is 4.42 Å². The zero-order valence-electron chi connectivity index (χ0n) is 11.1. The maximum Gasteiger partial charge on any atom is 0.284 e. The third kappa shape index (κ3) is 8.51. The lowest BCUT2D eigenvalue weighted by molar-refractivity contribution is 0.251. The van der Waals surface area contributed by atoms with Crippen LogP contribution in [0.4, 0.5) is 8.78 Å². The summed E-state index contributed by atoms with van der Waals surface area (Å²) in [5, 5.41) is 3.08. The standard InChI is InChI=1S/C11H18F2N2O3S2/c1-20(16,17)15-6-2-5-14-7-9-3-4-10(18-9)8-19-11(12)13/h3-4,11,14-15H,2,5-8H2,1H3. The number of sulfonamides is 1. The van der Waals surface area contributed by atoms with E-state index in [-0.39, 0.29) is 5.75 Å². The number of hydrogen-bond donors (Lipinski definition) is 2. The third-order valence-electron chi connectivity index (χ3n) is 2.26. The molecule has 0 radical (unpaired) electrons. The Morgan fingerprint density at radius 3 is 2.65 bits per heavy atom. The van der Waals surface area contributed by atoms with E-state index in [0.29, 0.717) is 49.3 Å². The summed E-state index contributed by atoms with van der Waals surface area (Å²) in [5.41, 5.74) is 0. The molecular weight excluding hydrogens is 310 g/mol. The van der Waals surface area contributed by atoms with Crippen LogP contribution in [0.15, 0.2) is 16.5 Å². The second kappa shape index (κ2) is 8.60. The van der Waals surface area contributed by atoms with Gasteiger partial charge < -0.3 is 9.73 Å². The summed E-state index contributed by atoms with van der Waals surface area (Å²) in [6.07, 6.45) is 1.77. The van der Waals surface area contributed by atoms with Gasteiger partial charge in [0.1, 0.15) is 11.5 Å². The van der Waals surface area contributed by atoms with E-state index in [1.54, 1.807) is 12.1 Å². The lowest BCUT2D eigenvalue weighted by Crippen LogP contribution is -2.26. The van der Waals surface area contributed by atoms with E-state index in [1.807, 2.05) is 0 Å². The van der Waals surface area contributed by atoms with E-state index in [1.165, 1.54) is 0 Å². The number of thioether (sulfide) groups is 1. The van der Waals surface area contributed by atoms with Gasteiger partial charge in [-0.05, 0) is 25.1 Å². The molecule has 0 fully saturated rings. The Bertz CT molecular complexity index is 492. The van der Waals surface area contributed by atoms with Crippen LogP contribution in [0.3, 0.4) is 0 Å². The van der Waals surface area contributed by atoms with E-state index in [9.17, 15) is 17.2 Å². The van der Waals surface area contributed by atoms with Gasteiger partial charge in [-0.25, -0.2) is 13.1 Å². The number of hydrogen-bond acceptors (Lipinski definition) is 5. The Labute approximate surface area is 121 Å². The Morgan fingerprint density at radius 2 is 2.00 bits per heavy atom. The Hall–Kier alpha value is -0.640. The average molecular weight is 328 g/mol. The average Bonchev–Trinajstić information content (AvgIpc) is 2.77. The van der Waals surface area contributed by atoms with Gasteiger partial charge in [-0.3, -0.25) is 0 Å². The monoisotopic (exact) mass is 328 g/mol. The van der Waals surface area contributed by atoms with Gasteiger partial charge in [0.05, 0.1) is 18.6 Å². The minimum atomic E-state index is -3.13. The summed E-state index contributed by atoms with van der Waals surface area (Å²) in [5.74, 6) is -1.06. The third-order valence-corrected chi connectivity index (χ3v) is 3.69. The minimum Gasteiger partial charge on any atom is -0.464 e. The molecule has 0 amide bonds. The second-order valence-electron chi connectivity index (χ2n) is 4.14. The number of rotatable bonds is 10. The molecule has 0 aromatic carbocycles. The van der Waals surface area contributed by atoms with Crippen LogP contribution in [0.5, 0.6) is 0 Å². The highest BCUT2D eigenvalue weighted by Gasteiger charge is 2.07. The molecule has 1 rings (SSSR count). The van der Waals surface area contributed by atoms with Crippen molar-refractivity contribution in [3.63, 3.8) is 0 Å². The van der Waals surface area contributed by atoms with Crippen LogP contribution in [0.25, 0.3) is 0 Å². The maximum absolute atomic E-state index is 12.0. The van der Waals surface area contributed by atoms with Crippen molar-refractivity contribution in [3.8, 4) is 0 Å². The van der Waals surface area contributed by atoms with Gasteiger partial charge in [0.2, 0.25) is 10.0 Å². The zero-order chi connectivity index (χ0) is 15.0. The van der Waals surface area contributed by atoms with E-state index in [0.717, 1.165) is 6.26 Å². The van der Waals surface area contributed by atoms with Gasteiger partial charge in [-0.1, -0.05) is 11.8 Å². The highest BCUT2D eigenvalue weighted by Crippen LogP contribution is 2.21. The number of nitrogens with one attached hydrogen (secondary N) is 2. The molecule has 1 heterocycles. The molecule has 0 saturated carbocycles. The fourth-order valence-corrected chi connectivity index (χ4v) is 2.38. The summed E-state index contributed by atoms with van der Waals surface area (Å²) < 4.78 is 53.3. The molecule has 0 atom stereocenters. The van der Waals surface area contributed by atoms with Gasteiger partial charge >= 0.3 is 0 Å². The molecule has 9 heteroatoms. The second-order valence-corrected chi connectivity index (χ2v) is 6.95. The van der Waals surface area contributed by atoms with Gasteiger partial charge in [-0.2, -0.15) is 8.78 Å². The molecule has 0 saturated heterocycles. The van der Waals surface area contributed by atoms with Gasteiger partial charge in [0.15, 0.2) is 0 Å². The van der Waals surface area contributed by atoms with Gasteiger partial charge in [0.25, 0.3) is 5.76 Å². The van der Waals surface area contributed by atoms with Crippen LogP contribution >= 0.6 is 11.8 Å². The predicted molar refractivity (Wildman–Crippen MR) is 75.2 cm³/mol. The van der Waals surface area contributed by atoms with Crippen molar-refractivity contribution in [2.75, 3.05) is 19.3 Å². The molecule has 0 bridgehead atoms. The normalized spacial score (nSPS) is 12.2. The molecule has 0 spiro atoms. The summed E-state index contributed by atoms with van der Waals surface area (Å²) in [7, 11) is -3.13. The Morgan fingerprint density at radius 1 is 1.30 bits per heavy atom. The number of alkyl halides is 2. The van der Waals surface area contributed by atoms with Crippen molar-refractivity contribution < 1.29 is 21.6 Å². The molecule has 116 valence electrons. The SMILES string of the molecule is CS(=O)(=O)NCCCNCc1ccc(CSC(F)F)o1. The maximum atomic E-state index is 12.0. The van der Waals surface area contributed by atoms with Crippen LogP contribution < -0.4 is 10.0 Å². The predicted octanol–water partition coefficient (Wildman–Crippen LogP) is 1.76. The van der Waals surface area contributed by atoms with Gasteiger partial charge in [0, 0.05) is 6.54 Å².